The quantitative estimate of drug-likeness (QED) is 0.884. The fourth-order valence-electron chi connectivity index (χ4n) is 3.89. The third kappa shape index (κ3) is 3.02. The van der Waals surface area contributed by atoms with Crippen LogP contribution in [0.15, 0.2) is 16.9 Å². The summed E-state index contributed by atoms with van der Waals surface area (Å²) in [5.41, 5.74) is 1.20. The van der Waals surface area contributed by atoms with Crippen LogP contribution in [-0.2, 0) is 0 Å². The Morgan fingerprint density at radius 1 is 1.38 bits per heavy atom. The van der Waals surface area contributed by atoms with E-state index in [2.05, 4.69) is 48.4 Å². The maximum atomic E-state index is 13.8. The van der Waals surface area contributed by atoms with Gasteiger partial charge >= 0.3 is 0 Å². The minimum Gasteiger partial charge on any atom is -0.381 e. The van der Waals surface area contributed by atoms with E-state index in [1.165, 1.54) is 12.1 Å². The van der Waals surface area contributed by atoms with E-state index in [0.29, 0.717) is 17.0 Å². The molecule has 0 spiro atoms. The first-order valence-corrected chi connectivity index (χ1v) is 8.51. The van der Waals surface area contributed by atoms with E-state index >= 15 is 0 Å². The molecule has 2 N–H and O–H groups in total. The number of anilines is 1. The zero-order valence-corrected chi connectivity index (χ0v) is 14.7. The largest absolute Gasteiger partial charge is 0.381 e. The minimum atomic E-state index is -0.405. The Labute approximate surface area is 141 Å². The number of rotatable bonds is 5. The van der Waals surface area contributed by atoms with Gasteiger partial charge in [0.2, 0.25) is 0 Å². The summed E-state index contributed by atoms with van der Waals surface area (Å²) in [7, 11) is 4.15. The molecule has 2 heterocycles. The van der Waals surface area contributed by atoms with Crippen molar-refractivity contribution in [2.45, 2.75) is 38.6 Å². The van der Waals surface area contributed by atoms with Gasteiger partial charge < -0.3 is 10.2 Å². The number of aromatic amines is 1. The molecular weight excluding hydrogens is 307 g/mol. The van der Waals surface area contributed by atoms with Gasteiger partial charge in [0.05, 0.1) is 11.1 Å². The molecular formula is C18H25FN4O. The average molecular weight is 332 g/mol. The zero-order valence-electron chi connectivity index (χ0n) is 14.7. The lowest BCUT2D eigenvalue weighted by atomic mass is 9.78. The van der Waals surface area contributed by atoms with Gasteiger partial charge in [-0.3, -0.25) is 4.79 Å². The number of halogens is 1. The molecule has 0 saturated heterocycles. The van der Waals surface area contributed by atoms with Crippen molar-refractivity contribution in [2.24, 2.45) is 5.92 Å². The van der Waals surface area contributed by atoms with Crippen molar-refractivity contribution in [3.63, 3.8) is 0 Å². The maximum absolute atomic E-state index is 13.8. The Hall–Kier alpha value is -1.95. The Morgan fingerprint density at radius 2 is 2.12 bits per heavy atom. The average Bonchev–Trinajstić information content (AvgIpc) is 2.49. The molecule has 2 aromatic rings. The monoisotopic (exact) mass is 332 g/mol. The topological polar surface area (TPSA) is 61.0 Å². The van der Waals surface area contributed by atoms with Crippen LogP contribution in [0.2, 0.25) is 0 Å². The molecule has 130 valence electrons. The Bertz CT molecular complexity index is 801. The molecule has 0 unspecified atom stereocenters. The van der Waals surface area contributed by atoms with E-state index < -0.39 is 5.82 Å². The first-order valence-electron chi connectivity index (χ1n) is 8.51. The Morgan fingerprint density at radius 3 is 2.83 bits per heavy atom. The van der Waals surface area contributed by atoms with E-state index in [1.807, 2.05) is 0 Å². The van der Waals surface area contributed by atoms with Gasteiger partial charge in [0.25, 0.3) is 5.56 Å². The van der Waals surface area contributed by atoms with Crippen molar-refractivity contribution in [1.29, 1.82) is 0 Å². The fourth-order valence-corrected chi connectivity index (χ4v) is 3.89. The van der Waals surface area contributed by atoms with Crippen LogP contribution in [0.1, 0.15) is 38.3 Å². The number of aromatic nitrogens is 2. The number of nitrogens with zero attached hydrogens (tertiary/aromatic N) is 2. The van der Waals surface area contributed by atoms with E-state index in [4.69, 9.17) is 0 Å². The van der Waals surface area contributed by atoms with E-state index in [1.54, 1.807) is 0 Å². The van der Waals surface area contributed by atoms with Crippen LogP contribution in [0.5, 0.6) is 0 Å². The molecule has 6 heteroatoms. The summed E-state index contributed by atoms with van der Waals surface area (Å²) < 4.78 is 13.8. The van der Waals surface area contributed by atoms with Gasteiger partial charge in [0.1, 0.15) is 5.82 Å². The van der Waals surface area contributed by atoms with Crippen molar-refractivity contribution in [3.8, 4) is 0 Å². The van der Waals surface area contributed by atoms with Crippen LogP contribution in [-0.4, -0.2) is 41.8 Å². The van der Waals surface area contributed by atoms with Gasteiger partial charge in [0, 0.05) is 23.0 Å². The molecule has 1 aromatic heterocycles. The molecule has 3 rings (SSSR count). The summed E-state index contributed by atoms with van der Waals surface area (Å²) in [5, 5.41) is 11.4. The molecule has 0 bridgehead atoms. The van der Waals surface area contributed by atoms with Gasteiger partial charge in [-0.1, -0.05) is 6.92 Å². The lowest BCUT2D eigenvalue weighted by Crippen LogP contribution is -2.34. The minimum absolute atomic E-state index is 0.134. The SMILES string of the molecule is C[C@@H]1Nc2cc(F)cc3c(=O)[nH]nc(c23)[C@H]1[C@@H](C)CCCN(C)C. The van der Waals surface area contributed by atoms with Crippen molar-refractivity contribution < 1.29 is 4.39 Å². The van der Waals surface area contributed by atoms with E-state index in [0.717, 1.165) is 30.5 Å². The van der Waals surface area contributed by atoms with Gasteiger partial charge in [-0.15, -0.1) is 0 Å². The van der Waals surface area contributed by atoms with Crippen LogP contribution in [0, 0.1) is 11.7 Å². The first-order chi connectivity index (χ1) is 11.4. The number of benzene rings is 1. The van der Waals surface area contributed by atoms with Crippen LogP contribution >= 0.6 is 0 Å². The summed E-state index contributed by atoms with van der Waals surface area (Å²) in [6.45, 7) is 5.38. The molecule has 0 saturated carbocycles. The standard InChI is InChI=1S/C18H25FN4O/c1-10(6-5-7-23(3)4)15-11(2)20-14-9-12(19)8-13-16(14)17(15)21-22-18(13)24/h8-11,15,20H,5-7H2,1-4H3,(H,22,24)/t10-,11-,15-/m0/s1. The lowest BCUT2D eigenvalue weighted by molar-refractivity contribution is 0.335. The highest BCUT2D eigenvalue weighted by molar-refractivity contribution is 5.96. The second kappa shape index (κ2) is 6.51. The van der Waals surface area contributed by atoms with Crippen LogP contribution in [0.3, 0.4) is 0 Å². The molecule has 0 amide bonds. The predicted octanol–water partition coefficient (Wildman–Crippen LogP) is 2.94. The van der Waals surface area contributed by atoms with E-state index in [-0.39, 0.29) is 17.5 Å². The third-order valence-electron chi connectivity index (χ3n) is 5.00. The molecule has 0 radical (unpaired) electrons. The van der Waals surface area contributed by atoms with Crippen LogP contribution < -0.4 is 10.9 Å². The van der Waals surface area contributed by atoms with Crippen molar-refractivity contribution in [1.82, 2.24) is 15.1 Å². The van der Waals surface area contributed by atoms with Crippen molar-refractivity contribution in [3.05, 3.63) is 34.0 Å². The number of nitrogens with one attached hydrogen (secondary N) is 2. The van der Waals surface area contributed by atoms with Crippen molar-refractivity contribution >= 4 is 16.5 Å². The number of H-pyrrole nitrogens is 1. The second-order valence-electron chi connectivity index (χ2n) is 7.20. The molecule has 1 aliphatic heterocycles. The van der Waals surface area contributed by atoms with Gasteiger partial charge in [-0.25, -0.2) is 9.49 Å². The van der Waals surface area contributed by atoms with Gasteiger partial charge in [-0.2, -0.15) is 5.10 Å². The highest BCUT2D eigenvalue weighted by Crippen LogP contribution is 2.41. The number of hydrogen-bond donors (Lipinski definition) is 2. The third-order valence-corrected chi connectivity index (χ3v) is 5.00. The summed E-state index contributed by atoms with van der Waals surface area (Å²) >= 11 is 0. The molecule has 3 atom stereocenters. The lowest BCUT2D eigenvalue weighted by Gasteiger charge is -2.35. The molecule has 5 nitrogen and oxygen atoms in total. The smallest absolute Gasteiger partial charge is 0.272 e. The summed E-state index contributed by atoms with van der Waals surface area (Å²) in [6.07, 6.45) is 2.19. The summed E-state index contributed by atoms with van der Waals surface area (Å²) in [5.74, 6) is 0.189. The Kier molecular flexibility index (Phi) is 4.58. The van der Waals surface area contributed by atoms with Crippen LogP contribution in [0.4, 0.5) is 10.1 Å². The predicted molar refractivity (Wildman–Crippen MR) is 95.1 cm³/mol. The summed E-state index contributed by atoms with van der Waals surface area (Å²) in [4.78, 5) is 14.2. The van der Waals surface area contributed by atoms with Gasteiger partial charge in [0.15, 0.2) is 0 Å². The highest BCUT2D eigenvalue weighted by Gasteiger charge is 2.33. The fraction of sp³-hybridized carbons (Fsp3) is 0.556. The number of hydrogen-bond acceptors (Lipinski definition) is 4. The molecule has 1 aliphatic rings. The Balaban J connectivity index is 2.01. The molecule has 24 heavy (non-hydrogen) atoms. The molecule has 0 aliphatic carbocycles. The van der Waals surface area contributed by atoms with E-state index in [9.17, 15) is 9.18 Å². The normalized spacial score (nSPS) is 21.1. The first kappa shape index (κ1) is 16.9. The summed E-state index contributed by atoms with van der Waals surface area (Å²) in [6, 6.07) is 2.89. The van der Waals surface area contributed by atoms with Crippen LogP contribution in [0.25, 0.3) is 10.8 Å². The zero-order chi connectivity index (χ0) is 17.4. The maximum Gasteiger partial charge on any atom is 0.272 e. The second-order valence-corrected chi connectivity index (χ2v) is 7.20. The highest BCUT2D eigenvalue weighted by atomic mass is 19.1. The molecule has 1 aromatic carbocycles. The van der Waals surface area contributed by atoms with Gasteiger partial charge in [-0.05, 0) is 58.5 Å². The molecule has 0 fully saturated rings. The van der Waals surface area contributed by atoms with Crippen molar-refractivity contribution in [2.75, 3.05) is 26.0 Å².